The number of aryl methyl sites for hydroxylation is 1. The Kier molecular flexibility index (Phi) is 4.78. The van der Waals surface area contributed by atoms with Crippen LogP contribution in [-0.2, 0) is 7.05 Å². The molecule has 0 bridgehead atoms. The summed E-state index contributed by atoms with van der Waals surface area (Å²) in [7, 11) is 1.65. The van der Waals surface area contributed by atoms with E-state index in [1.807, 2.05) is 0 Å². The molecule has 1 aliphatic rings. The fraction of sp³-hybridized carbons (Fsp3) is 0.333. The molecule has 11 heteroatoms. The predicted octanol–water partition coefficient (Wildman–Crippen LogP) is 4.16. The number of fused-ring (bicyclic) bond motifs is 1. The molecule has 0 aromatic carbocycles. The number of primary amides is 1. The normalized spacial score (nSPS) is 14.0. The van der Waals surface area contributed by atoms with E-state index in [1.54, 1.807) is 14.0 Å². The van der Waals surface area contributed by atoms with Crippen LogP contribution in [0.2, 0.25) is 5.02 Å². The minimum absolute atomic E-state index is 0.00781. The summed E-state index contributed by atoms with van der Waals surface area (Å²) in [5.74, 6) is -1.34. The van der Waals surface area contributed by atoms with E-state index >= 15 is 0 Å². The van der Waals surface area contributed by atoms with E-state index in [1.165, 1.54) is 10.7 Å². The van der Waals surface area contributed by atoms with Crippen LogP contribution in [0.5, 0.6) is 0 Å². The van der Waals surface area contributed by atoms with Gasteiger partial charge in [0.25, 0.3) is 18.2 Å². The predicted molar refractivity (Wildman–Crippen MR) is 106 cm³/mol. The molecule has 3 aromatic heterocycles. The van der Waals surface area contributed by atoms with E-state index < -0.39 is 18.2 Å². The van der Waals surface area contributed by atoms with E-state index in [4.69, 9.17) is 17.3 Å². The summed E-state index contributed by atoms with van der Waals surface area (Å²) in [6, 6.07) is 1.34. The molecule has 3 heterocycles. The van der Waals surface area contributed by atoms with Crippen LogP contribution in [0.1, 0.15) is 62.3 Å². The van der Waals surface area contributed by atoms with Crippen LogP contribution in [0.4, 0.5) is 14.5 Å². The monoisotopic (exact) mass is 439 g/mol. The van der Waals surface area contributed by atoms with Crippen molar-refractivity contribution in [1.82, 2.24) is 14.8 Å². The molecule has 0 atom stereocenters. The summed E-state index contributed by atoms with van der Waals surface area (Å²) < 4.78 is 28.1. The van der Waals surface area contributed by atoms with Crippen molar-refractivity contribution >= 4 is 50.7 Å². The van der Waals surface area contributed by atoms with Gasteiger partial charge >= 0.3 is 0 Å². The topological polar surface area (TPSA) is 103 Å². The molecule has 1 saturated carbocycles. The molecule has 0 spiro atoms. The number of nitrogens with two attached hydrogens (primary N) is 1. The number of amides is 2. The zero-order valence-electron chi connectivity index (χ0n) is 15.4. The number of hydrogen-bond donors (Lipinski definition) is 2. The molecule has 0 saturated heterocycles. The van der Waals surface area contributed by atoms with Gasteiger partial charge in [-0.2, -0.15) is 5.10 Å². The van der Waals surface area contributed by atoms with Crippen molar-refractivity contribution in [3.8, 4) is 0 Å². The van der Waals surface area contributed by atoms with E-state index in [2.05, 4.69) is 15.4 Å². The maximum atomic E-state index is 13.3. The number of hydrogen-bond acceptors (Lipinski definition) is 5. The molecule has 1 fully saturated rings. The largest absolute Gasteiger partial charge is 0.365 e. The number of halogens is 3. The van der Waals surface area contributed by atoms with Crippen LogP contribution in [0, 0.1) is 6.92 Å². The number of rotatable bonds is 5. The quantitative estimate of drug-likeness (QED) is 0.623. The van der Waals surface area contributed by atoms with Crippen LogP contribution in [-0.4, -0.2) is 26.6 Å². The Morgan fingerprint density at radius 3 is 2.62 bits per heavy atom. The first-order chi connectivity index (χ1) is 13.7. The van der Waals surface area contributed by atoms with Gasteiger partial charge in [-0.05, 0) is 37.3 Å². The number of alkyl halides is 2. The Hall–Kier alpha value is -2.59. The van der Waals surface area contributed by atoms with Crippen molar-refractivity contribution in [2.45, 2.75) is 32.1 Å². The van der Waals surface area contributed by atoms with E-state index in [-0.39, 0.29) is 37.7 Å². The highest BCUT2D eigenvalue weighted by atomic mass is 35.5. The molecule has 0 radical (unpaired) electrons. The van der Waals surface area contributed by atoms with Crippen LogP contribution in [0.3, 0.4) is 0 Å². The Balaban J connectivity index is 1.88. The van der Waals surface area contributed by atoms with Gasteiger partial charge in [0, 0.05) is 12.4 Å². The average molecular weight is 440 g/mol. The van der Waals surface area contributed by atoms with Crippen LogP contribution in [0.15, 0.2) is 6.07 Å². The van der Waals surface area contributed by atoms with Gasteiger partial charge in [0.2, 0.25) is 0 Å². The summed E-state index contributed by atoms with van der Waals surface area (Å²) in [6.07, 6.45) is -1.07. The van der Waals surface area contributed by atoms with Gasteiger partial charge < -0.3 is 11.1 Å². The van der Waals surface area contributed by atoms with Gasteiger partial charge in [-0.25, -0.2) is 13.8 Å². The zero-order chi connectivity index (χ0) is 21.0. The Morgan fingerprint density at radius 2 is 2.10 bits per heavy atom. The maximum Gasteiger partial charge on any atom is 0.280 e. The highest BCUT2D eigenvalue weighted by molar-refractivity contribution is 7.21. The first-order valence-corrected chi connectivity index (χ1v) is 9.94. The lowest BCUT2D eigenvalue weighted by Gasteiger charge is -2.09. The maximum absolute atomic E-state index is 13.3. The van der Waals surface area contributed by atoms with E-state index in [0.717, 1.165) is 24.2 Å². The third-order valence-electron chi connectivity index (χ3n) is 4.89. The third kappa shape index (κ3) is 3.36. The zero-order valence-corrected chi connectivity index (χ0v) is 17.0. The summed E-state index contributed by atoms with van der Waals surface area (Å²) in [4.78, 5) is 29.1. The van der Waals surface area contributed by atoms with Crippen molar-refractivity contribution in [2.24, 2.45) is 12.8 Å². The summed E-state index contributed by atoms with van der Waals surface area (Å²) in [5, 5.41) is 7.42. The SMILES string of the molecule is Cc1c(Cl)c(C(=O)Nc2c(C(N)=O)sc3nc(C(F)F)cc(C4CC4)c23)nn1C. The number of nitrogens with zero attached hydrogens (tertiary/aromatic N) is 3. The van der Waals surface area contributed by atoms with Gasteiger partial charge in [-0.1, -0.05) is 11.6 Å². The van der Waals surface area contributed by atoms with Gasteiger partial charge in [0.05, 0.1) is 16.4 Å². The smallest absolute Gasteiger partial charge is 0.280 e. The Bertz CT molecular complexity index is 1170. The highest BCUT2D eigenvalue weighted by Crippen LogP contribution is 2.48. The van der Waals surface area contributed by atoms with Gasteiger partial charge in [-0.3, -0.25) is 14.3 Å². The van der Waals surface area contributed by atoms with Gasteiger partial charge in [-0.15, -0.1) is 11.3 Å². The lowest BCUT2D eigenvalue weighted by molar-refractivity contribution is 0.100. The van der Waals surface area contributed by atoms with E-state index in [9.17, 15) is 18.4 Å². The van der Waals surface area contributed by atoms with Crippen LogP contribution >= 0.6 is 22.9 Å². The second kappa shape index (κ2) is 7.03. The lowest BCUT2D eigenvalue weighted by atomic mass is 10.0. The minimum Gasteiger partial charge on any atom is -0.365 e. The number of carbonyl (C=O) groups excluding carboxylic acids is 2. The number of pyridine rings is 1. The molecule has 1 aliphatic carbocycles. The van der Waals surface area contributed by atoms with Crippen molar-refractivity contribution in [3.05, 3.63) is 38.6 Å². The van der Waals surface area contributed by atoms with Crippen LogP contribution < -0.4 is 11.1 Å². The van der Waals surface area contributed by atoms with E-state index in [0.29, 0.717) is 16.6 Å². The molecule has 2 amide bonds. The molecule has 4 rings (SSSR count). The molecule has 0 aliphatic heterocycles. The first-order valence-electron chi connectivity index (χ1n) is 8.74. The number of thiophene rings is 1. The molecular formula is C18H16ClF2N5O2S. The average Bonchev–Trinajstić information content (AvgIpc) is 3.40. The fourth-order valence-corrected chi connectivity index (χ4v) is 4.44. The second-order valence-corrected chi connectivity index (χ2v) is 8.26. The third-order valence-corrected chi connectivity index (χ3v) is 6.44. The van der Waals surface area contributed by atoms with Crippen molar-refractivity contribution < 1.29 is 18.4 Å². The molecule has 29 heavy (non-hydrogen) atoms. The molecule has 7 nitrogen and oxygen atoms in total. The lowest BCUT2D eigenvalue weighted by Crippen LogP contribution is -2.17. The van der Waals surface area contributed by atoms with Gasteiger partial charge in [0.15, 0.2) is 5.69 Å². The number of nitrogens with one attached hydrogen (secondary N) is 1. The number of carbonyl (C=O) groups is 2. The molecule has 3 aromatic rings. The number of aromatic nitrogens is 3. The summed E-state index contributed by atoms with van der Waals surface area (Å²) in [5.41, 5.74) is 6.52. The Morgan fingerprint density at radius 1 is 1.41 bits per heavy atom. The molecule has 0 unspecified atom stereocenters. The Labute approximate surface area is 172 Å². The summed E-state index contributed by atoms with van der Waals surface area (Å²) >= 11 is 7.07. The first kappa shape index (κ1) is 19.7. The molecule has 152 valence electrons. The van der Waals surface area contributed by atoms with Crippen LogP contribution in [0.25, 0.3) is 10.2 Å². The summed E-state index contributed by atoms with van der Waals surface area (Å²) in [6.45, 7) is 1.71. The van der Waals surface area contributed by atoms with Crippen molar-refractivity contribution in [2.75, 3.05) is 5.32 Å². The van der Waals surface area contributed by atoms with Crippen molar-refractivity contribution in [1.29, 1.82) is 0 Å². The molecular weight excluding hydrogens is 424 g/mol. The second-order valence-electron chi connectivity index (χ2n) is 6.89. The standard InChI is InChI=1S/C18H16ClF2N5O2S/c1-6-11(19)13(25-26(6)2)17(28)24-12-10-8(7-3-4-7)5-9(15(20)21)23-18(10)29-14(12)16(22)27/h5,7,15H,3-4H2,1-2H3,(H2,22,27)(H,24,28). The molecule has 3 N–H and O–H groups in total. The highest BCUT2D eigenvalue weighted by Gasteiger charge is 2.32. The fourth-order valence-electron chi connectivity index (χ4n) is 3.17. The van der Waals surface area contributed by atoms with Crippen molar-refractivity contribution in [3.63, 3.8) is 0 Å². The minimum atomic E-state index is -2.75. The van der Waals surface area contributed by atoms with Gasteiger partial charge in [0.1, 0.15) is 15.4 Å². The number of anilines is 1.